The number of carbonyl (C=O) groups excluding carboxylic acids is 1. The standard InChI is InChI=1S/C30H37F3N6O2/c31-30(32,33)27(40)29-15-19-13-20(16-29)26(21(14-19)17-29)36-28(41)39-12-11-38(23-3-1-2-4-24(23)39)25-6-5-22(18-35-25)37-9-7-34-8-10-37/h1-6,18-21,26-27,34,40H,7-17H2,(H,36,41). The van der Waals surface area contributed by atoms with E-state index in [-0.39, 0.29) is 29.8 Å². The van der Waals surface area contributed by atoms with E-state index in [1.54, 1.807) is 4.90 Å². The van der Waals surface area contributed by atoms with Gasteiger partial charge in [-0.3, -0.25) is 4.90 Å². The second kappa shape index (κ2) is 10.0. The van der Waals surface area contributed by atoms with E-state index in [2.05, 4.69) is 26.5 Å². The number of nitrogens with zero attached hydrogens (tertiary/aromatic N) is 4. The van der Waals surface area contributed by atoms with Crippen molar-refractivity contribution >= 4 is 28.9 Å². The molecule has 8 rings (SSSR count). The van der Waals surface area contributed by atoms with Crippen LogP contribution in [0.15, 0.2) is 42.6 Å². The number of fused-ring (bicyclic) bond motifs is 1. The third-order valence-corrected chi connectivity index (χ3v) is 10.2. The molecule has 6 aliphatic rings. The highest BCUT2D eigenvalue weighted by molar-refractivity contribution is 5.98. The molecule has 3 N–H and O–H groups in total. The van der Waals surface area contributed by atoms with Crippen LogP contribution in [0.2, 0.25) is 0 Å². The van der Waals surface area contributed by atoms with Gasteiger partial charge in [-0.05, 0) is 74.1 Å². The molecule has 2 amide bonds. The van der Waals surface area contributed by atoms with Gasteiger partial charge in [0.15, 0.2) is 6.10 Å². The Morgan fingerprint density at radius 2 is 1.71 bits per heavy atom. The summed E-state index contributed by atoms with van der Waals surface area (Å²) in [6, 6.07) is 11.5. The van der Waals surface area contributed by atoms with Gasteiger partial charge < -0.3 is 25.5 Å². The number of hydrogen-bond donors (Lipinski definition) is 3. The number of aliphatic hydroxyl groups excluding tert-OH is 1. The van der Waals surface area contributed by atoms with Crippen molar-refractivity contribution in [3.63, 3.8) is 0 Å². The minimum absolute atomic E-state index is 0.0443. The summed E-state index contributed by atoms with van der Waals surface area (Å²) in [5.41, 5.74) is 1.68. The molecule has 8 nitrogen and oxygen atoms in total. The lowest BCUT2D eigenvalue weighted by Crippen LogP contribution is -2.64. The highest BCUT2D eigenvalue weighted by atomic mass is 19.4. The maximum atomic E-state index is 13.7. The fraction of sp³-hybridized carbons (Fsp3) is 0.600. The van der Waals surface area contributed by atoms with E-state index in [1.165, 1.54) is 0 Å². The smallest absolute Gasteiger partial charge is 0.383 e. The van der Waals surface area contributed by atoms with Gasteiger partial charge in [-0.15, -0.1) is 0 Å². The van der Waals surface area contributed by atoms with Crippen LogP contribution in [0.4, 0.5) is 40.8 Å². The van der Waals surface area contributed by atoms with Gasteiger partial charge in [0.25, 0.3) is 0 Å². The number of carbonyl (C=O) groups is 1. The lowest BCUT2D eigenvalue weighted by atomic mass is 9.46. The predicted octanol–water partition coefficient (Wildman–Crippen LogP) is 4.28. The second-order valence-electron chi connectivity index (χ2n) is 12.7. The van der Waals surface area contributed by atoms with Crippen LogP contribution in [-0.2, 0) is 0 Å². The fourth-order valence-corrected chi connectivity index (χ4v) is 8.68. The van der Waals surface area contributed by atoms with Crippen LogP contribution >= 0.6 is 0 Å². The van der Waals surface area contributed by atoms with Crippen LogP contribution in [0.1, 0.15) is 32.1 Å². The molecular weight excluding hydrogens is 533 g/mol. The Labute approximate surface area is 237 Å². The average Bonchev–Trinajstić information content (AvgIpc) is 2.97. The molecule has 3 heterocycles. The first-order chi connectivity index (χ1) is 19.7. The predicted molar refractivity (Wildman–Crippen MR) is 150 cm³/mol. The first-order valence-electron chi connectivity index (χ1n) is 14.8. The summed E-state index contributed by atoms with van der Waals surface area (Å²) in [7, 11) is 0. The Balaban J connectivity index is 1.07. The van der Waals surface area contributed by atoms with E-state index in [0.717, 1.165) is 61.9 Å². The molecule has 4 aliphatic carbocycles. The van der Waals surface area contributed by atoms with Gasteiger partial charge in [-0.2, -0.15) is 13.2 Å². The normalized spacial score (nSPS) is 31.7. The third kappa shape index (κ3) is 4.70. The number of anilines is 4. The molecule has 4 bridgehead atoms. The Bertz CT molecular complexity index is 1270. The molecule has 1 aromatic heterocycles. The van der Waals surface area contributed by atoms with Crippen molar-refractivity contribution in [2.45, 2.75) is 50.4 Å². The molecule has 1 saturated heterocycles. The number of benzene rings is 1. The zero-order valence-electron chi connectivity index (χ0n) is 23.0. The molecule has 11 heteroatoms. The Morgan fingerprint density at radius 3 is 2.37 bits per heavy atom. The van der Waals surface area contributed by atoms with Crippen LogP contribution < -0.4 is 25.3 Å². The highest BCUT2D eigenvalue weighted by Crippen LogP contribution is 2.63. The van der Waals surface area contributed by atoms with Gasteiger partial charge >= 0.3 is 12.2 Å². The zero-order valence-corrected chi connectivity index (χ0v) is 23.0. The molecule has 3 unspecified atom stereocenters. The maximum absolute atomic E-state index is 13.7. The van der Waals surface area contributed by atoms with E-state index < -0.39 is 17.7 Å². The number of urea groups is 1. The Kier molecular flexibility index (Phi) is 6.57. The molecule has 1 aromatic carbocycles. The lowest BCUT2D eigenvalue weighted by Gasteiger charge is -2.61. The van der Waals surface area contributed by atoms with Crippen molar-refractivity contribution in [2.24, 2.45) is 23.2 Å². The summed E-state index contributed by atoms with van der Waals surface area (Å²) in [4.78, 5) is 24.7. The third-order valence-electron chi connectivity index (χ3n) is 10.2. The van der Waals surface area contributed by atoms with E-state index in [0.29, 0.717) is 32.4 Å². The molecule has 41 heavy (non-hydrogen) atoms. The van der Waals surface area contributed by atoms with Gasteiger partial charge in [-0.1, -0.05) is 12.1 Å². The quantitative estimate of drug-likeness (QED) is 0.509. The number of amides is 2. The van der Waals surface area contributed by atoms with Gasteiger partial charge in [0.05, 0.1) is 23.3 Å². The molecule has 220 valence electrons. The molecule has 0 spiro atoms. The first-order valence-corrected chi connectivity index (χ1v) is 14.8. The number of piperazine rings is 1. The van der Waals surface area contributed by atoms with E-state index in [9.17, 15) is 23.1 Å². The van der Waals surface area contributed by atoms with Crippen LogP contribution in [0.25, 0.3) is 0 Å². The fourth-order valence-electron chi connectivity index (χ4n) is 8.68. The monoisotopic (exact) mass is 570 g/mol. The number of aromatic nitrogens is 1. The number of alkyl halides is 3. The number of aliphatic hydroxyl groups is 1. The van der Waals surface area contributed by atoms with Crippen molar-refractivity contribution in [3.05, 3.63) is 42.6 Å². The average molecular weight is 571 g/mol. The second-order valence-corrected chi connectivity index (χ2v) is 12.7. The van der Waals surface area contributed by atoms with Gasteiger partial charge in [0.2, 0.25) is 0 Å². The topological polar surface area (TPSA) is 84.0 Å². The summed E-state index contributed by atoms with van der Waals surface area (Å²) in [6.45, 7) is 4.85. The molecule has 3 atom stereocenters. The van der Waals surface area contributed by atoms with E-state index in [4.69, 9.17) is 4.98 Å². The summed E-state index contributed by atoms with van der Waals surface area (Å²) in [6.07, 6.45) is -2.32. The summed E-state index contributed by atoms with van der Waals surface area (Å²) in [5.74, 6) is 0.924. The molecule has 4 saturated carbocycles. The minimum atomic E-state index is -4.62. The minimum Gasteiger partial charge on any atom is -0.383 e. The first kappa shape index (κ1) is 26.8. The number of hydrogen-bond acceptors (Lipinski definition) is 6. The molecule has 2 aliphatic heterocycles. The van der Waals surface area contributed by atoms with E-state index in [1.807, 2.05) is 36.5 Å². The molecule has 0 radical (unpaired) electrons. The van der Waals surface area contributed by atoms with Crippen LogP contribution in [0.5, 0.6) is 0 Å². The van der Waals surface area contributed by atoms with Crippen molar-refractivity contribution in [3.8, 4) is 0 Å². The number of para-hydroxylation sites is 2. The van der Waals surface area contributed by atoms with E-state index >= 15 is 0 Å². The van der Waals surface area contributed by atoms with Crippen LogP contribution in [0, 0.1) is 23.2 Å². The van der Waals surface area contributed by atoms with Crippen molar-refractivity contribution in [1.82, 2.24) is 15.6 Å². The number of nitrogens with one attached hydrogen (secondary N) is 2. The SMILES string of the molecule is O=C(NC1C2CC3CC1CC(C(O)C(F)(F)F)(C3)C2)N1CCN(c2ccc(N3CCNCC3)cn2)c2ccccc21. The van der Waals surface area contributed by atoms with Gasteiger partial charge in [-0.25, -0.2) is 9.78 Å². The molecule has 5 fully saturated rings. The van der Waals surface area contributed by atoms with Gasteiger partial charge in [0, 0.05) is 50.7 Å². The lowest BCUT2D eigenvalue weighted by molar-refractivity contribution is -0.266. The van der Waals surface area contributed by atoms with Crippen LogP contribution in [0.3, 0.4) is 0 Å². The maximum Gasteiger partial charge on any atom is 0.414 e. The summed E-state index contributed by atoms with van der Waals surface area (Å²) in [5, 5.41) is 16.9. The number of pyridine rings is 1. The zero-order chi connectivity index (χ0) is 28.4. The van der Waals surface area contributed by atoms with Crippen molar-refractivity contribution < 1.29 is 23.1 Å². The Hall–Kier alpha value is -3.05. The molecular formula is C30H37F3N6O2. The summed E-state index contributed by atoms with van der Waals surface area (Å²) >= 11 is 0. The summed E-state index contributed by atoms with van der Waals surface area (Å²) < 4.78 is 40.7. The number of rotatable bonds is 4. The highest BCUT2D eigenvalue weighted by Gasteiger charge is 2.63. The largest absolute Gasteiger partial charge is 0.414 e. The van der Waals surface area contributed by atoms with Crippen molar-refractivity contribution in [2.75, 3.05) is 54.0 Å². The molecule has 2 aromatic rings. The van der Waals surface area contributed by atoms with Crippen LogP contribution in [-0.4, -0.2) is 73.7 Å². The van der Waals surface area contributed by atoms with Gasteiger partial charge in [0.1, 0.15) is 5.82 Å². The van der Waals surface area contributed by atoms with Crippen molar-refractivity contribution in [1.29, 1.82) is 0 Å². The Morgan fingerprint density at radius 1 is 1.00 bits per heavy atom. The number of halogens is 3.